The molecule has 0 aliphatic carbocycles. The van der Waals surface area contributed by atoms with Crippen LogP contribution in [-0.4, -0.2) is 58.6 Å². The minimum Gasteiger partial charge on any atom is -0.379 e. The van der Waals surface area contributed by atoms with Crippen molar-refractivity contribution in [3.05, 3.63) is 35.4 Å². The molecule has 1 aliphatic heterocycles. The number of aliphatic imine (C=N–C) groups is 1. The number of ether oxygens (including phenoxy) is 1. The Morgan fingerprint density at radius 1 is 1.11 bits per heavy atom. The molecule has 0 amide bonds. The SMILES string of the molecule is CCCCCCNC(=NC)NCc1ccccc1CS(=O)(=O)N1CCOCC1. The summed E-state index contributed by atoms with van der Waals surface area (Å²) >= 11 is 0. The molecule has 28 heavy (non-hydrogen) atoms. The fraction of sp³-hybridized carbons (Fsp3) is 0.650. The molecule has 0 radical (unpaired) electrons. The monoisotopic (exact) mass is 410 g/mol. The number of hydrogen-bond donors (Lipinski definition) is 2. The van der Waals surface area contributed by atoms with Crippen LogP contribution in [0.5, 0.6) is 0 Å². The largest absolute Gasteiger partial charge is 0.379 e. The van der Waals surface area contributed by atoms with E-state index in [1.54, 1.807) is 7.05 Å². The highest BCUT2D eigenvalue weighted by atomic mass is 32.2. The zero-order valence-corrected chi connectivity index (χ0v) is 17.9. The molecule has 1 fully saturated rings. The van der Waals surface area contributed by atoms with Gasteiger partial charge in [-0.05, 0) is 17.5 Å². The van der Waals surface area contributed by atoms with Crippen LogP contribution in [0.2, 0.25) is 0 Å². The first-order valence-electron chi connectivity index (χ1n) is 10.1. The van der Waals surface area contributed by atoms with Crippen LogP contribution in [0.3, 0.4) is 0 Å². The second-order valence-corrected chi connectivity index (χ2v) is 8.92. The van der Waals surface area contributed by atoms with Gasteiger partial charge in [0.1, 0.15) is 0 Å². The lowest BCUT2D eigenvalue weighted by molar-refractivity contribution is 0.0729. The molecule has 0 saturated carbocycles. The number of rotatable bonds is 10. The number of guanidine groups is 1. The summed E-state index contributed by atoms with van der Waals surface area (Å²) in [6.07, 6.45) is 4.79. The second-order valence-electron chi connectivity index (χ2n) is 6.95. The van der Waals surface area contributed by atoms with Crippen LogP contribution in [0.1, 0.15) is 43.7 Å². The fourth-order valence-corrected chi connectivity index (χ4v) is 4.70. The summed E-state index contributed by atoms with van der Waals surface area (Å²) in [5, 5.41) is 6.61. The average molecular weight is 411 g/mol. The average Bonchev–Trinajstić information content (AvgIpc) is 2.71. The Balaban J connectivity index is 1.92. The molecule has 0 spiro atoms. The lowest BCUT2D eigenvalue weighted by atomic mass is 10.1. The van der Waals surface area contributed by atoms with Gasteiger partial charge in [-0.1, -0.05) is 50.5 Å². The zero-order chi connectivity index (χ0) is 20.2. The van der Waals surface area contributed by atoms with Gasteiger partial charge in [0.05, 0.1) is 19.0 Å². The maximum absolute atomic E-state index is 12.7. The minimum atomic E-state index is -3.35. The highest BCUT2D eigenvalue weighted by Gasteiger charge is 2.25. The molecule has 0 bridgehead atoms. The molecule has 158 valence electrons. The van der Waals surface area contributed by atoms with Gasteiger partial charge in [-0.2, -0.15) is 4.31 Å². The van der Waals surface area contributed by atoms with Gasteiger partial charge >= 0.3 is 0 Å². The molecule has 0 atom stereocenters. The number of nitrogens with one attached hydrogen (secondary N) is 2. The molecule has 1 aliphatic rings. The van der Waals surface area contributed by atoms with E-state index in [-0.39, 0.29) is 5.75 Å². The van der Waals surface area contributed by atoms with Gasteiger partial charge in [0, 0.05) is 33.2 Å². The summed E-state index contributed by atoms with van der Waals surface area (Å²) in [4.78, 5) is 4.25. The third kappa shape index (κ3) is 7.41. The van der Waals surface area contributed by atoms with Gasteiger partial charge in [-0.25, -0.2) is 8.42 Å². The molecule has 8 heteroatoms. The van der Waals surface area contributed by atoms with Crippen LogP contribution in [0, 0.1) is 0 Å². The Kier molecular flexibility index (Phi) is 9.73. The van der Waals surface area contributed by atoms with E-state index in [0.29, 0.717) is 32.8 Å². The molecular weight excluding hydrogens is 376 g/mol. The van der Waals surface area contributed by atoms with Gasteiger partial charge in [0.15, 0.2) is 5.96 Å². The summed E-state index contributed by atoms with van der Waals surface area (Å²) in [6.45, 7) is 5.39. The lowest BCUT2D eigenvalue weighted by Crippen LogP contribution is -2.41. The number of unbranched alkanes of at least 4 members (excludes halogenated alkanes) is 3. The van der Waals surface area contributed by atoms with Gasteiger partial charge in [-0.15, -0.1) is 0 Å². The van der Waals surface area contributed by atoms with Crippen molar-refractivity contribution in [2.45, 2.75) is 44.9 Å². The molecule has 2 N–H and O–H groups in total. The quantitative estimate of drug-likeness (QED) is 0.351. The van der Waals surface area contributed by atoms with E-state index in [1.807, 2.05) is 24.3 Å². The van der Waals surface area contributed by atoms with E-state index in [2.05, 4.69) is 22.5 Å². The number of hydrogen-bond acceptors (Lipinski definition) is 4. The summed E-state index contributed by atoms with van der Waals surface area (Å²) < 4.78 is 32.3. The molecule has 0 aromatic heterocycles. The maximum atomic E-state index is 12.7. The van der Waals surface area contributed by atoms with Crippen molar-refractivity contribution < 1.29 is 13.2 Å². The van der Waals surface area contributed by atoms with E-state index in [1.165, 1.54) is 23.6 Å². The Morgan fingerprint density at radius 2 is 1.82 bits per heavy atom. The Bertz CT molecular complexity index is 716. The third-order valence-corrected chi connectivity index (χ3v) is 6.64. The molecule has 2 rings (SSSR count). The van der Waals surface area contributed by atoms with Gasteiger partial charge in [0.2, 0.25) is 10.0 Å². The number of sulfonamides is 1. The van der Waals surface area contributed by atoms with Crippen LogP contribution in [0.4, 0.5) is 0 Å². The summed E-state index contributed by atoms with van der Waals surface area (Å²) in [7, 11) is -1.60. The standard InChI is InChI=1S/C20H34N4O3S/c1-3-4-5-8-11-22-20(21-2)23-16-18-9-6-7-10-19(18)17-28(25,26)24-12-14-27-15-13-24/h6-7,9-10H,3-5,8,11-17H2,1-2H3,(H2,21,22,23). The summed E-state index contributed by atoms with van der Waals surface area (Å²) in [6, 6.07) is 7.67. The maximum Gasteiger partial charge on any atom is 0.218 e. The van der Waals surface area contributed by atoms with Crippen molar-refractivity contribution in [3.8, 4) is 0 Å². The fourth-order valence-electron chi connectivity index (χ4n) is 3.14. The van der Waals surface area contributed by atoms with Crippen molar-refractivity contribution in [1.29, 1.82) is 0 Å². The van der Waals surface area contributed by atoms with Crippen molar-refractivity contribution in [2.75, 3.05) is 39.9 Å². The molecule has 0 unspecified atom stereocenters. The Labute approximate surface area is 169 Å². The first kappa shape index (κ1) is 22.6. The lowest BCUT2D eigenvalue weighted by Gasteiger charge is -2.26. The van der Waals surface area contributed by atoms with Crippen molar-refractivity contribution >= 4 is 16.0 Å². The Hall–Kier alpha value is -1.64. The van der Waals surface area contributed by atoms with Crippen molar-refractivity contribution in [3.63, 3.8) is 0 Å². The highest BCUT2D eigenvalue weighted by molar-refractivity contribution is 7.88. The first-order valence-corrected chi connectivity index (χ1v) is 11.7. The van der Waals surface area contributed by atoms with Crippen LogP contribution in [-0.2, 0) is 27.1 Å². The normalized spacial score (nSPS) is 16.1. The van der Waals surface area contributed by atoms with Crippen LogP contribution in [0.15, 0.2) is 29.3 Å². The van der Waals surface area contributed by atoms with Crippen molar-refractivity contribution in [1.82, 2.24) is 14.9 Å². The number of nitrogens with zero attached hydrogens (tertiary/aromatic N) is 2. The predicted octanol–water partition coefficient (Wildman–Crippen LogP) is 2.09. The van der Waals surface area contributed by atoms with E-state index in [0.717, 1.165) is 30.1 Å². The van der Waals surface area contributed by atoms with E-state index in [9.17, 15) is 8.42 Å². The first-order chi connectivity index (χ1) is 13.6. The zero-order valence-electron chi connectivity index (χ0n) is 17.1. The summed E-state index contributed by atoms with van der Waals surface area (Å²) in [5.74, 6) is 0.746. The third-order valence-electron chi connectivity index (χ3n) is 4.81. The van der Waals surface area contributed by atoms with E-state index < -0.39 is 10.0 Å². The van der Waals surface area contributed by atoms with Crippen molar-refractivity contribution in [2.24, 2.45) is 4.99 Å². The van der Waals surface area contributed by atoms with Crippen LogP contribution >= 0.6 is 0 Å². The number of morpholine rings is 1. The van der Waals surface area contributed by atoms with Crippen LogP contribution < -0.4 is 10.6 Å². The van der Waals surface area contributed by atoms with E-state index in [4.69, 9.17) is 4.74 Å². The minimum absolute atomic E-state index is 0.00784. The highest BCUT2D eigenvalue weighted by Crippen LogP contribution is 2.16. The topological polar surface area (TPSA) is 83.0 Å². The molecule has 1 heterocycles. The molecule has 7 nitrogen and oxygen atoms in total. The molecule has 1 aromatic carbocycles. The number of benzene rings is 1. The molecular formula is C20H34N4O3S. The van der Waals surface area contributed by atoms with Gasteiger partial charge < -0.3 is 15.4 Å². The second kappa shape index (κ2) is 12.0. The smallest absolute Gasteiger partial charge is 0.218 e. The summed E-state index contributed by atoms with van der Waals surface area (Å²) in [5.41, 5.74) is 1.79. The van der Waals surface area contributed by atoms with Crippen LogP contribution in [0.25, 0.3) is 0 Å². The Morgan fingerprint density at radius 3 is 2.50 bits per heavy atom. The molecule has 1 aromatic rings. The molecule has 1 saturated heterocycles. The van der Waals surface area contributed by atoms with Gasteiger partial charge in [0.25, 0.3) is 0 Å². The predicted molar refractivity (Wildman–Crippen MR) is 114 cm³/mol. The van der Waals surface area contributed by atoms with E-state index >= 15 is 0 Å². The van der Waals surface area contributed by atoms with Gasteiger partial charge in [-0.3, -0.25) is 4.99 Å².